The zero-order chi connectivity index (χ0) is 24.8. The lowest BCUT2D eigenvalue weighted by molar-refractivity contribution is -0.119. The van der Waals surface area contributed by atoms with Gasteiger partial charge in [0.05, 0.1) is 23.3 Å². The fourth-order valence-corrected chi connectivity index (χ4v) is 4.01. The maximum Gasteiger partial charge on any atom is 0.338 e. The predicted molar refractivity (Wildman–Crippen MR) is 123 cm³/mol. The van der Waals surface area contributed by atoms with Crippen LogP contribution in [0.15, 0.2) is 80.7 Å². The SMILES string of the molecule is Cc1ccc(S(=O)(=O)NCc2ccco2)cc1C(=O)OCC(=O)Nc1nnc(-c2ccccc2)o1. The molecule has 0 radical (unpaired) electrons. The summed E-state index contributed by atoms with van der Waals surface area (Å²) < 4.78 is 43.1. The second-order valence-corrected chi connectivity index (χ2v) is 9.05. The first-order chi connectivity index (χ1) is 16.8. The Morgan fingerprint density at radius 2 is 1.83 bits per heavy atom. The van der Waals surface area contributed by atoms with Crippen molar-refractivity contribution in [2.24, 2.45) is 0 Å². The molecule has 0 atom stereocenters. The highest BCUT2D eigenvalue weighted by molar-refractivity contribution is 7.89. The fourth-order valence-electron chi connectivity index (χ4n) is 2.99. The normalized spacial score (nSPS) is 11.2. The molecule has 0 saturated heterocycles. The number of sulfonamides is 1. The molecule has 4 rings (SSSR count). The molecule has 0 bridgehead atoms. The van der Waals surface area contributed by atoms with Crippen molar-refractivity contribution in [2.45, 2.75) is 18.4 Å². The first-order valence-electron chi connectivity index (χ1n) is 10.3. The maximum absolute atomic E-state index is 12.6. The quantitative estimate of drug-likeness (QED) is 0.333. The predicted octanol–water partition coefficient (Wildman–Crippen LogP) is 2.91. The van der Waals surface area contributed by atoms with Gasteiger partial charge >= 0.3 is 12.0 Å². The molecule has 2 aromatic carbocycles. The van der Waals surface area contributed by atoms with Gasteiger partial charge in [-0.25, -0.2) is 17.9 Å². The number of aromatic nitrogens is 2. The fraction of sp³-hybridized carbons (Fsp3) is 0.130. The van der Waals surface area contributed by atoms with Crippen LogP contribution in [0, 0.1) is 6.92 Å². The first-order valence-corrected chi connectivity index (χ1v) is 11.8. The summed E-state index contributed by atoms with van der Waals surface area (Å²) in [5.41, 5.74) is 1.16. The molecule has 12 heteroatoms. The number of hydrogen-bond donors (Lipinski definition) is 2. The van der Waals surface area contributed by atoms with Crippen LogP contribution in [0.3, 0.4) is 0 Å². The number of benzene rings is 2. The zero-order valence-electron chi connectivity index (χ0n) is 18.4. The molecule has 2 N–H and O–H groups in total. The van der Waals surface area contributed by atoms with E-state index in [0.717, 1.165) is 0 Å². The van der Waals surface area contributed by atoms with E-state index in [1.54, 1.807) is 43.3 Å². The van der Waals surface area contributed by atoms with Gasteiger partial charge in [-0.15, -0.1) is 5.10 Å². The van der Waals surface area contributed by atoms with E-state index in [1.165, 1.54) is 24.5 Å². The van der Waals surface area contributed by atoms with Crippen LogP contribution < -0.4 is 10.0 Å². The number of carbonyl (C=O) groups excluding carboxylic acids is 2. The van der Waals surface area contributed by atoms with Crippen molar-refractivity contribution >= 4 is 27.9 Å². The number of rotatable bonds is 9. The number of hydrogen-bond acceptors (Lipinski definition) is 9. The summed E-state index contributed by atoms with van der Waals surface area (Å²) in [6.07, 6.45) is 1.43. The van der Waals surface area contributed by atoms with Crippen molar-refractivity contribution in [1.82, 2.24) is 14.9 Å². The minimum atomic E-state index is -3.93. The average Bonchev–Trinajstić information content (AvgIpc) is 3.54. The molecular weight excluding hydrogens is 476 g/mol. The molecule has 0 saturated carbocycles. The Morgan fingerprint density at radius 3 is 2.57 bits per heavy atom. The van der Waals surface area contributed by atoms with E-state index in [1.807, 2.05) is 6.07 Å². The second-order valence-electron chi connectivity index (χ2n) is 7.28. The van der Waals surface area contributed by atoms with Gasteiger partial charge in [-0.3, -0.25) is 10.1 Å². The Balaban J connectivity index is 1.36. The summed E-state index contributed by atoms with van der Waals surface area (Å²) in [7, 11) is -3.93. The van der Waals surface area contributed by atoms with Crippen LogP contribution in [0.25, 0.3) is 11.5 Å². The molecule has 0 unspecified atom stereocenters. The van der Waals surface area contributed by atoms with Gasteiger partial charge in [0.2, 0.25) is 15.9 Å². The van der Waals surface area contributed by atoms with Gasteiger partial charge in [0.25, 0.3) is 5.91 Å². The lowest BCUT2D eigenvalue weighted by Crippen LogP contribution is -2.24. The van der Waals surface area contributed by atoms with Crippen LogP contribution in [-0.4, -0.2) is 37.1 Å². The highest BCUT2D eigenvalue weighted by Crippen LogP contribution is 2.20. The highest BCUT2D eigenvalue weighted by Gasteiger charge is 2.20. The highest BCUT2D eigenvalue weighted by atomic mass is 32.2. The van der Waals surface area contributed by atoms with Crippen LogP contribution in [0.5, 0.6) is 0 Å². The third-order valence-electron chi connectivity index (χ3n) is 4.78. The largest absolute Gasteiger partial charge is 0.468 e. The van der Waals surface area contributed by atoms with Crippen LogP contribution in [0.2, 0.25) is 0 Å². The van der Waals surface area contributed by atoms with Gasteiger partial charge < -0.3 is 13.6 Å². The van der Waals surface area contributed by atoms with Gasteiger partial charge in [0.1, 0.15) is 5.76 Å². The second kappa shape index (κ2) is 10.3. The summed E-state index contributed by atoms with van der Waals surface area (Å²) >= 11 is 0. The maximum atomic E-state index is 12.6. The van der Waals surface area contributed by atoms with E-state index in [2.05, 4.69) is 20.2 Å². The Hall–Kier alpha value is -4.29. The van der Waals surface area contributed by atoms with Crippen molar-refractivity contribution in [3.8, 4) is 11.5 Å². The summed E-state index contributed by atoms with van der Waals surface area (Å²) in [6.45, 7) is 0.923. The lowest BCUT2D eigenvalue weighted by atomic mass is 10.1. The summed E-state index contributed by atoms with van der Waals surface area (Å²) in [4.78, 5) is 24.6. The lowest BCUT2D eigenvalue weighted by Gasteiger charge is -2.10. The minimum absolute atomic E-state index is 0.00262. The van der Waals surface area contributed by atoms with E-state index < -0.39 is 28.5 Å². The van der Waals surface area contributed by atoms with Crippen molar-refractivity contribution in [3.63, 3.8) is 0 Å². The molecule has 1 amide bonds. The zero-order valence-corrected chi connectivity index (χ0v) is 19.2. The molecule has 0 aliphatic carbocycles. The summed E-state index contributed by atoms with van der Waals surface area (Å²) in [5.74, 6) is -0.921. The van der Waals surface area contributed by atoms with E-state index >= 15 is 0 Å². The number of aryl methyl sites for hydroxylation is 1. The summed E-state index contributed by atoms with van der Waals surface area (Å²) in [6, 6.07) is 16.1. The molecule has 2 aromatic heterocycles. The van der Waals surface area contributed by atoms with E-state index in [9.17, 15) is 18.0 Å². The number of furan rings is 1. The molecule has 0 aliphatic heterocycles. The smallest absolute Gasteiger partial charge is 0.338 e. The van der Waals surface area contributed by atoms with Gasteiger partial charge in [-0.1, -0.05) is 29.4 Å². The topological polar surface area (TPSA) is 154 Å². The number of carbonyl (C=O) groups is 2. The van der Waals surface area contributed by atoms with Gasteiger partial charge in [-0.05, 0) is 48.9 Å². The number of nitrogens with zero attached hydrogens (tertiary/aromatic N) is 2. The molecule has 0 fully saturated rings. The standard InChI is InChI=1S/C23H20N4O7S/c1-15-9-10-18(35(30,31)24-13-17-8-5-11-32-17)12-19(15)22(29)33-14-20(28)25-23-27-26-21(34-23)16-6-3-2-4-7-16/h2-12,24H,13-14H2,1H3,(H,25,27,28). The van der Waals surface area contributed by atoms with Crippen LogP contribution in [-0.2, 0) is 26.1 Å². The van der Waals surface area contributed by atoms with Crippen molar-refractivity contribution in [1.29, 1.82) is 0 Å². The number of amides is 1. The Kier molecular flexibility index (Phi) is 7.03. The molecule has 11 nitrogen and oxygen atoms in total. The van der Waals surface area contributed by atoms with Crippen LogP contribution in [0.4, 0.5) is 6.01 Å². The van der Waals surface area contributed by atoms with Gasteiger partial charge in [0, 0.05) is 5.56 Å². The third-order valence-corrected chi connectivity index (χ3v) is 6.18. The van der Waals surface area contributed by atoms with Crippen molar-refractivity contribution in [3.05, 3.63) is 83.8 Å². The number of anilines is 1. The first kappa shape index (κ1) is 23.9. The molecule has 0 aliphatic rings. The molecule has 35 heavy (non-hydrogen) atoms. The number of ether oxygens (including phenoxy) is 1. The van der Waals surface area contributed by atoms with E-state index in [0.29, 0.717) is 16.9 Å². The van der Waals surface area contributed by atoms with Crippen LogP contribution >= 0.6 is 0 Å². The minimum Gasteiger partial charge on any atom is -0.468 e. The monoisotopic (exact) mass is 496 g/mol. The number of nitrogens with one attached hydrogen (secondary N) is 2. The summed E-state index contributed by atoms with van der Waals surface area (Å²) in [5, 5.41) is 9.94. The van der Waals surface area contributed by atoms with Gasteiger partial charge in [0.15, 0.2) is 6.61 Å². The molecule has 0 spiro atoms. The van der Waals surface area contributed by atoms with Crippen molar-refractivity contribution in [2.75, 3.05) is 11.9 Å². The van der Waals surface area contributed by atoms with Crippen LogP contribution in [0.1, 0.15) is 21.7 Å². The van der Waals surface area contributed by atoms with Gasteiger partial charge in [-0.2, -0.15) is 0 Å². The average molecular weight is 497 g/mol. The van der Waals surface area contributed by atoms with E-state index in [-0.39, 0.29) is 28.9 Å². The Morgan fingerprint density at radius 1 is 1.03 bits per heavy atom. The van der Waals surface area contributed by atoms with E-state index in [4.69, 9.17) is 13.6 Å². The molecule has 180 valence electrons. The molecular formula is C23H20N4O7S. The third kappa shape index (κ3) is 5.99. The number of esters is 1. The molecule has 2 heterocycles. The molecule has 4 aromatic rings. The Labute approximate surface area is 200 Å². The Bertz CT molecular complexity index is 1430. The van der Waals surface area contributed by atoms with Crippen molar-refractivity contribution < 1.29 is 31.6 Å².